The summed E-state index contributed by atoms with van der Waals surface area (Å²) < 4.78 is 23.1. The van der Waals surface area contributed by atoms with Crippen LogP contribution in [0, 0.1) is 6.92 Å². The molecule has 0 bridgehead atoms. The van der Waals surface area contributed by atoms with Crippen molar-refractivity contribution in [3.05, 3.63) is 88.3 Å². The number of ether oxygens (including phenoxy) is 2. The normalized spacial score (nSPS) is 11.1. The van der Waals surface area contributed by atoms with Gasteiger partial charge in [-0.2, -0.15) is 0 Å². The molecule has 1 N–H and O–H groups in total. The predicted octanol–water partition coefficient (Wildman–Crippen LogP) is 5.94. The van der Waals surface area contributed by atoms with Gasteiger partial charge in [0.2, 0.25) is 11.2 Å². The van der Waals surface area contributed by atoms with Crippen molar-refractivity contribution >= 4 is 27.9 Å². The van der Waals surface area contributed by atoms with Crippen LogP contribution in [0.15, 0.2) is 80.4 Å². The molecule has 3 aromatic carbocycles. The van der Waals surface area contributed by atoms with Gasteiger partial charge < -0.3 is 23.4 Å². The zero-order valence-corrected chi connectivity index (χ0v) is 18.5. The van der Waals surface area contributed by atoms with Gasteiger partial charge in [0.25, 0.3) is 0 Å². The van der Waals surface area contributed by atoms with E-state index < -0.39 is 5.97 Å². The Bertz CT molecular complexity index is 1580. The zero-order valence-electron chi connectivity index (χ0n) is 18.5. The van der Waals surface area contributed by atoms with E-state index in [1.165, 1.54) is 0 Å². The highest BCUT2D eigenvalue weighted by Gasteiger charge is 2.24. The van der Waals surface area contributed by atoms with Crippen LogP contribution >= 0.6 is 0 Å². The molecule has 0 atom stereocenters. The van der Waals surface area contributed by atoms with Crippen molar-refractivity contribution in [2.45, 2.75) is 13.3 Å². The minimum Gasteiger partial charge on any atom is -0.497 e. The van der Waals surface area contributed by atoms with Crippen LogP contribution in [0.4, 0.5) is 0 Å². The van der Waals surface area contributed by atoms with E-state index in [4.69, 9.17) is 18.3 Å². The zero-order chi connectivity index (χ0) is 23.8. The van der Waals surface area contributed by atoms with E-state index in [-0.39, 0.29) is 34.3 Å². The standard InChI is InChI=1S/C27H20O7/c1-15-25(33-18-10-8-17(31-2)9-11-18)24(30)19-12-13-21-23(27(19)32-15)20(14-22(28)29)26(34-21)16-6-4-3-5-7-16/h3-13H,14H2,1-2H3,(H,28,29). The maximum absolute atomic E-state index is 13.4. The molecule has 7 heteroatoms. The Balaban J connectivity index is 1.72. The SMILES string of the molecule is COc1ccc(Oc2c(C)oc3c(ccc4oc(-c5ccccc5)c(CC(=O)O)c43)c2=O)cc1. The summed E-state index contributed by atoms with van der Waals surface area (Å²) in [6.45, 7) is 1.63. The smallest absolute Gasteiger partial charge is 0.307 e. The first-order valence-electron chi connectivity index (χ1n) is 10.6. The highest BCUT2D eigenvalue weighted by atomic mass is 16.5. The third kappa shape index (κ3) is 3.67. The number of carboxylic acids is 1. The van der Waals surface area contributed by atoms with Crippen LogP contribution in [0.2, 0.25) is 0 Å². The number of fused-ring (bicyclic) bond motifs is 3. The Hall–Kier alpha value is -4.52. The van der Waals surface area contributed by atoms with Crippen molar-refractivity contribution in [2.75, 3.05) is 7.11 Å². The molecule has 5 aromatic rings. The highest BCUT2D eigenvalue weighted by Crippen LogP contribution is 2.39. The number of benzene rings is 3. The van der Waals surface area contributed by atoms with Gasteiger partial charge in [0.05, 0.1) is 24.3 Å². The number of methoxy groups -OCH3 is 1. The van der Waals surface area contributed by atoms with Crippen molar-refractivity contribution in [3.63, 3.8) is 0 Å². The van der Waals surface area contributed by atoms with E-state index >= 15 is 0 Å². The molecule has 170 valence electrons. The number of furan rings is 1. The summed E-state index contributed by atoms with van der Waals surface area (Å²) in [4.78, 5) is 25.1. The van der Waals surface area contributed by atoms with Crippen LogP contribution in [-0.4, -0.2) is 18.2 Å². The molecule has 2 heterocycles. The topological polar surface area (TPSA) is 99.1 Å². The average Bonchev–Trinajstić information content (AvgIpc) is 3.21. The quantitative estimate of drug-likeness (QED) is 0.337. The molecule has 2 aromatic heterocycles. The minimum absolute atomic E-state index is 0.0589. The van der Waals surface area contributed by atoms with Crippen LogP contribution in [0.25, 0.3) is 33.3 Å². The van der Waals surface area contributed by atoms with E-state index in [0.717, 1.165) is 5.56 Å². The molecule has 0 spiro atoms. The number of hydrogen-bond donors (Lipinski definition) is 1. The maximum atomic E-state index is 13.4. The Morgan fingerprint density at radius 1 is 0.941 bits per heavy atom. The molecule has 34 heavy (non-hydrogen) atoms. The maximum Gasteiger partial charge on any atom is 0.307 e. The Kier molecular flexibility index (Phi) is 5.30. The number of rotatable bonds is 6. The highest BCUT2D eigenvalue weighted by molar-refractivity contribution is 6.07. The monoisotopic (exact) mass is 456 g/mol. The molecular weight excluding hydrogens is 436 g/mol. The van der Waals surface area contributed by atoms with Crippen LogP contribution in [0.5, 0.6) is 17.2 Å². The minimum atomic E-state index is -1.02. The molecule has 7 nitrogen and oxygen atoms in total. The summed E-state index contributed by atoms with van der Waals surface area (Å²) in [6, 6.07) is 19.3. The van der Waals surface area contributed by atoms with E-state index in [0.29, 0.717) is 33.8 Å². The second-order valence-corrected chi connectivity index (χ2v) is 7.76. The molecule has 0 fully saturated rings. The van der Waals surface area contributed by atoms with Gasteiger partial charge in [-0.1, -0.05) is 30.3 Å². The van der Waals surface area contributed by atoms with Crippen LogP contribution in [0.1, 0.15) is 11.3 Å². The summed E-state index contributed by atoms with van der Waals surface area (Å²) in [5.74, 6) is 0.864. The molecule has 0 aliphatic heterocycles. The fourth-order valence-corrected chi connectivity index (χ4v) is 4.01. The number of hydrogen-bond acceptors (Lipinski definition) is 6. The first-order valence-corrected chi connectivity index (χ1v) is 10.6. The summed E-state index contributed by atoms with van der Waals surface area (Å²) in [7, 11) is 1.57. The molecule has 5 rings (SSSR count). The van der Waals surface area contributed by atoms with Gasteiger partial charge in [-0.05, 0) is 43.3 Å². The summed E-state index contributed by atoms with van der Waals surface area (Å²) in [5.41, 5.74) is 1.53. The number of aliphatic carboxylic acids is 1. The molecule has 0 saturated heterocycles. The molecule has 0 radical (unpaired) electrons. The first kappa shape index (κ1) is 21.3. The Labute approximate surface area is 193 Å². The van der Waals surface area contributed by atoms with E-state index in [9.17, 15) is 14.7 Å². The number of carbonyl (C=O) groups is 1. The third-order valence-corrected chi connectivity index (χ3v) is 5.58. The van der Waals surface area contributed by atoms with Gasteiger partial charge in [0.15, 0.2) is 0 Å². The molecular formula is C27H20O7. The average molecular weight is 456 g/mol. The molecule has 0 unspecified atom stereocenters. The van der Waals surface area contributed by atoms with Gasteiger partial charge in [0, 0.05) is 11.1 Å². The lowest BCUT2D eigenvalue weighted by Crippen LogP contribution is -2.08. The molecule has 0 aliphatic rings. The third-order valence-electron chi connectivity index (χ3n) is 5.58. The predicted molar refractivity (Wildman–Crippen MR) is 127 cm³/mol. The van der Waals surface area contributed by atoms with Gasteiger partial charge in [-0.3, -0.25) is 9.59 Å². The van der Waals surface area contributed by atoms with Gasteiger partial charge in [-0.25, -0.2) is 0 Å². The van der Waals surface area contributed by atoms with Crippen molar-refractivity contribution in [2.24, 2.45) is 0 Å². The second kappa shape index (κ2) is 8.44. The molecule has 0 saturated carbocycles. The van der Waals surface area contributed by atoms with Crippen molar-refractivity contribution in [3.8, 4) is 28.6 Å². The van der Waals surface area contributed by atoms with E-state index in [1.807, 2.05) is 30.3 Å². The van der Waals surface area contributed by atoms with Crippen LogP contribution in [0.3, 0.4) is 0 Å². The molecule has 0 aliphatic carbocycles. The summed E-state index contributed by atoms with van der Waals surface area (Å²) in [6.07, 6.45) is -0.288. The fourth-order valence-electron chi connectivity index (χ4n) is 4.01. The van der Waals surface area contributed by atoms with E-state index in [1.54, 1.807) is 50.4 Å². The Morgan fingerprint density at radius 2 is 1.65 bits per heavy atom. The van der Waals surface area contributed by atoms with Crippen molar-refractivity contribution in [1.29, 1.82) is 0 Å². The first-order chi connectivity index (χ1) is 16.5. The molecule has 0 amide bonds. The summed E-state index contributed by atoms with van der Waals surface area (Å²) >= 11 is 0. The number of aryl methyl sites for hydroxylation is 1. The Morgan fingerprint density at radius 3 is 2.32 bits per heavy atom. The number of carboxylic acid groups (broad SMARTS) is 1. The van der Waals surface area contributed by atoms with Gasteiger partial charge in [0.1, 0.15) is 34.2 Å². The largest absolute Gasteiger partial charge is 0.497 e. The van der Waals surface area contributed by atoms with Gasteiger partial charge in [-0.15, -0.1) is 0 Å². The second-order valence-electron chi connectivity index (χ2n) is 7.76. The van der Waals surface area contributed by atoms with Crippen LogP contribution < -0.4 is 14.9 Å². The van der Waals surface area contributed by atoms with Gasteiger partial charge >= 0.3 is 5.97 Å². The lowest BCUT2D eigenvalue weighted by molar-refractivity contribution is -0.136. The van der Waals surface area contributed by atoms with Crippen molar-refractivity contribution in [1.82, 2.24) is 0 Å². The lowest BCUT2D eigenvalue weighted by atomic mass is 10.0. The van der Waals surface area contributed by atoms with E-state index in [2.05, 4.69) is 0 Å². The fraction of sp³-hybridized carbons (Fsp3) is 0.111. The summed E-state index contributed by atoms with van der Waals surface area (Å²) in [5, 5.41) is 10.3. The lowest BCUT2D eigenvalue weighted by Gasteiger charge is -2.10. The van der Waals surface area contributed by atoms with Crippen LogP contribution in [-0.2, 0) is 11.2 Å². The van der Waals surface area contributed by atoms with Crippen molar-refractivity contribution < 1.29 is 28.2 Å².